The number of hydrogen-bond donors (Lipinski definition) is 1. The molecule has 2 aliphatic rings. The molecule has 5 nitrogen and oxygen atoms in total. The Morgan fingerprint density at radius 2 is 2.16 bits per heavy atom. The monoisotopic (exact) mass is 290 g/mol. The first-order chi connectivity index (χ1) is 9.12. The molecule has 0 aromatic carbocycles. The molecule has 2 aliphatic heterocycles. The van der Waals surface area contributed by atoms with Crippen LogP contribution in [0.5, 0.6) is 0 Å². The number of piperidine rings is 2. The second kappa shape index (κ2) is 7.02. The molecule has 0 aliphatic carbocycles. The van der Waals surface area contributed by atoms with E-state index in [4.69, 9.17) is 4.74 Å². The summed E-state index contributed by atoms with van der Waals surface area (Å²) in [5, 5.41) is 3.28. The Bertz CT molecular complexity index is 364. The van der Waals surface area contributed by atoms with Gasteiger partial charge >= 0.3 is 0 Å². The topological polar surface area (TPSA) is 58.6 Å². The number of ether oxygens (including phenoxy) is 1. The molecule has 0 spiro atoms. The number of hydrogen-bond acceptors (Lipinski definition) is 4. The maximum Gasteiger partial charge on any atom is 0.214 e. The Labute approximate surface area is 116 Å². The van der Waals surface area contributed by atoms with Crippen LogP contribution in [0.2, 0.25) is 0 Å². The summed E-state index contributed by atoms with van der Waals surface area (Å²) in [5.41, 5.74) is 0. The van der Waals surface area contributed by atoms with Gasteiger partial charge in [0, 0.05) is 19.7 Å². The van der Waals surface area contributed by atoms with E-state index in [0.29, 0.717) is 25.4 Å². The predicted molar refractivity (Wildman–Crippen MR) is 75.6 cm³/mol. The summed E-state index contributed by atoms with van der Waals surface area (Å²) in [5.74, 6) is 0.560. The zero-order valence-corrected chi connectivity index (χ0v) is 12.6. The van der Waals surface area contributed by atoms with Crippen LogP contribution in [0.15, 0.2) is 0 Å². The van der Waals surface area contributed by atoms with Gasteiger partial charge < -0.3 is 10.1 Å². The van der Waals surface area contributed by atoms with Crippen molar-refractivity contribution in [3.05, 3.63) is 0 Å². The van der Waals surface area contributed by atoms with E-state index in [1.807, 2.05) is 6.92 Å². The Balaban J connectivity index is 1.90. The summed E-state index contributed by atoms with van der Waals surface area (Å²) in [6, 6.07) is 0. The van der Waals surface area contributed by atoms with E-state index in [0.717, 1.165) is 38.8 Å². The van der Waals surface area contributed by atoms with E-state index in [2.05, 4.69) is 5.32 Å². The van der Waals surface area contributed by atoms with Gasteiger partial charge in [-0.05, 0) is 51.6 Å². The van der Waals surface area contributed by atoms with E-state index in [-0.39, 0.29) is 12.0 Å². The summed E-state index contributed by atoms with van der Waals surface area (Å²) >= 11 is 0. The minimum atomic E-state index is -3.12. The van der Waals surface area contributed by atoms with Crippen molar-refractivity contribution in [2.24, 2.45) is 5.92 Å². The molecule has 0 radical (unpaired) electrons. The SMILES string of the molecule is CCOC1CCCN(S(=O)(=O)CC2CCCNC2)C1. The van der Waals surface area contributed by atoms with E-state index in [1.165, 1.54) is 0 Å². The highest BCUT2D eigenvalue weighted by atomic mass is 32.2. The minimum absolute atomic E-state index is 0.0815. The number of nitrogens with zero attached hydrogens (tertiary/aromatic N) is 1. The maximum atomic E-state index is 12.4. The van der Waals surface area contributed by atoms with Gasteiger partial charge in [0.05, 0.1) is 11.9 Å². The molecule has 0 amide bonds. The molecule has 2 heterocycles. The van der Waals surface area contributed by atoms with Crippen LogP contribution in [0.3, 0.4) is 0 Å². The van der Waals surface area contributed by atoms with Crippen molar-refractivity contribution in [3.8, 4) is 0 Å². The van der Waals surface area contributed by atoms with Crippen LogP contribution in [-0.2, 0) is 14.8 Å². The van der Waals surface area contributed by atoms with Gasteiger partial charge in [-0.25, -0.2) is 8.42 Å². The smallest absolute Gasteiger partial charge is 0.214 e. The average molecular weight is 290 g/mol. The molecule has 2 rings (SSSR count). The fourth-order valence-corrected chi connectivity index (χ4v) is 4.89. The Kier molecular flexibility index (Phi) is 5.62. The molecule has 0 bridgehead atoms. The van der Waals surface area contributed by atoms with Crippen LogP contribution < -0.4 is 5.32 Å². The molecule has 2 unspecified atom stereocenters. The molecule has 1 N–H and O–H groups in total. The summed E-state index contributed by atoms with van der Waals surface area (Å²) in [6.45, 7) is 5.67. The molecule has 112 valence electrons. The summed E-state index contributed by atoms with van der Waals surface area (Å²) in [7, 11) is -3.12. The van der Waals surface area contributed by atoms with E-state index >= 15 is 0 Å². The second-order valence-corrected chi connectivity index (χ2v) is 7.58. The molecule has 6 heteroatoms. The zero-order chi connectivity index (χ0) is 13.7. The molecule has 2 saturated heterocycles. The van der Waals surface area contributed by atoms with Crippen molar-refractivity contribution in [2.45, 2.75) is 38.7 Å². The average Bonchev–Trinajstić information content (AvgIpc) is 2.40. The lowest BCUT2D eigenvalue weighted by Crippen LogP contribution is -2.46. The zero-order valence-electron chi connectivity index (χ0n) is 11.8. The molecular formula is C13H26N2O3S. The largest absolute Gasteiger partial charge is 0.377 e. The fourth-order valence-electron chi connectivity index (χ4n) is 3.00. The van der Waals surface area contributed by atoms with Crippen LogP contribution in [0, 0.1) is 5.92 Å². The van der Waals surface area contributed by atoms with Crippen LogP contribution in [0.4, 0.5) is 0 Å². The first kappa shape index (κ1) is 15.2. The van der Waals surface area contributed by atoms with Crippen molar-refractivity contribution in [1.29, 1.82) is 0 Å². The first-order valence-electron chi connectivity index (χ1n) is 7.42. The van der Waals surface area contributed by atoms with Crippen molar-refractivity contribution >= 4 is 10.0 Å². The second-order valence-electron chi connectivity index (χ2n) is 5.57. The third-order valence-electron chi connectivity index (χ3n) is 3.98. The van der Waals surface area contributed by atoms with Gasteiger partial charge in [-0.2, -0.15) is 4.31 Å². The van der Waals surface area contributed by atoms with Crippen LogP contribution >= 0.6 is 0 Å². The molecule has 0 aromatic rings. The number of sulfonamides is 1. The lowest BCUT2D eigenvalue weighted by atomic mass is 10.0. The predicted octanol–water partition coefficient (Wildman–Crippen LogP) is 0.817. The van der Waals surface area contributed by atoms with Gasteiger partial charge in [0.15, 0.2) is 0 Å². The Hall–Kier alpha value is -0.170. The van der Waals surface area contributed by atoms with Crippen molar-refractivity contribution in [2.75, 3.05) is 38.5 Å². The van der Waals surface area contributed by atoms with Crippen molar-refractivity contribution < 1.29 is 13.2 Å². The Morgan fingerprint density at radius 1 is 1.32 bits per heavy atom. The molecule has 0 aromatic heterocycles. The van der Waals surface area contributed by atoms with Crippen LogP contribution in [0.25, 0.3) is 0 Å². The highest BCUT2D eigenvalue weighted by molar-refractivity contribution is 7.89. The van der Waals surface area contributed by atoms with Gasteiger partial charge in [-0.15, -0.1) is 0 Å². The highest BCUT2D eigenvalue weighted by Crippen LogP contribution is 2.20. The van der Waals surface area contributed by atoms with Gasteiger partial charge in [0.2, 0.25) is 10.0 Å². The van der Waals surface area contributed by atoms with E-state index in [9.17, 15) is 8.42 Å². The Morgan fingerprint density at radius 3 is 2.84 bits per heavy atom. The van der Waals surface area contributed by atoms with E-state index < -0.39 is 10.0 Å². The minimum Gasteiger partial charge on any atom is -0.377 e. The fraction of sp³-hybridized carbons (Fsp3) is 1.00. The number of nitrogens with one attached hydrogen (secondary N) is 1. The quantitative estimate of drug-likeness (QED) is 0.814. The normalized spacial score (nSPS) is 30.4. The maximum absolute atomic E-state index is 12.4. The lowest BCUT2D eigenvalue weighted by molar-refractivity contribution is 0.0264. The molecule has 2 fully saturated rings. The van der Waals surface area contributed by atoms with Gasteiger partial charge in [-0.1, -0.05) is 0 Å². The van der Waals surface area contributed by atoms with Crippen LogP contribution in [-0.4, -0.2) is 57.4 Å². The summed E-state index contributed by atoms with van der Waals surface area (Å²) in [4.78, 5) is 0. The first-order valence-corrected chi connectivity index (χ1v) is 9.03. The number of rotatable bonds is 5. The van der Waals surface area contributed by atoms with Gasteiger partial charge in [0.1, 0.15) is 0 Å². The van der Waals surface area contributed by atoms with Crippen LogP contribution in [0.1, 0.15) is 32.6 Å². The highest BCUT2D eigenvalue weighted by Gasteiger charge is 2.31. The third kappa shape index (κ3) is 4.41. The van der Waals surface area contributed by atoms with Crippen molar-refractivity contribution in [3.63, 3.8) is 0 Å². The third-order valence-corrected chi connectivity index (χ3v) is 5.99. The van der Waals surface area contributed by atoms with Gasteiger partial charge in [0.25, 0.3) is 0 Å². The van der Waals surface area contributed by atoms with Crippen molar-refractivity contribution in [1.82, 2.24) is 9.62 Å². The summed E-state index contributed by atoms with van der Waals surface area (Å²) in [6.07, 6.45) is 4.08. The summed E-state index contributed by atoms with van der Waals surface area (Å²) < 4.78 is 32.1. The molecule has 19 heavy (non-hydrogen) atoms. The van der Waals surface area contributed by atoms with Gasteiger partial charge in [-0.3, -0.25) is 0 Å². The molecular weight excluding hydrogens is 264 g/mol. The van der Waals surface area contributed by atoms with E-state index in [1.54, 1.807) is 4.31 Å². The lowest BCUT2D eigenvalue weighted by Gasteiger charge is -2.33. The molecule has 2 atom stereocenters. The standard InChI is InChI=1S/C13H26N2O3S/c1-2-18-13-6-4-8-15(10-13)19(16,17)11-12-5-3-7-14-9-12/h12-14H,2-11H2,1H3. The molecule has 0 saturated carbocycles.